The van der Waals surface area contributed by atoms with E-state index in [1.54, 1.807) is 6.92 Å². The Bertz CT molecular complexity index is 153. The number of ketones is 1. The van der Waals surface area contributed by atoms with Gasteiger partial charge in [-0.3, -0.25) is 4.90 Å². The molecule has 0 atom stereocenters. The molecule has 1 rings (SSSR count). The molecule has 1 aliphatic rings. The molecule has 1 saturated heterocycles. The molecule has 1 heterocycles. The zero-order chi connectivity index (χ0) is 9.52. The minimum Gasteiger partial charge on any atom is -0.379 e. The number of Topliss-reactive ketones (excluding diaryl/α,β-unsaturated/α-hetero) is 1. The first-order chi connectivity index (χ1) is 6.29. The highest BCUT2D eigenvalue weighted by atomic mass is 16.5. The lowest BCUT2D eigenvalue weighted by atomic mass is 10.2. The average molecular weight is 185 g/mol. The van der Waals surface area contributed by atoms with E-state index in [0.717, 1.165) is 52.1 Å². The van der Waals surface area contributed by atoms with E-state index in [0.29, 0.717) is 5.78 Å². The second kappa shape index (κ2) is 6.11. The van der Waals surface area contributed by atoms with Gasteiger partial charge in [0.1, 0.15) is 5.78 Å². The maximum atomic E-state index is 10.7. The smallest absolute Gasteiger partial charge is 0.129 e. The van der Waals surface area contributed by atoms with Crippen LogP contribution in [0.5, 0.6) is 0 Å². The molecule has 13 heavy (non-hydrogen) atoms. The van der Waals surface area contributed by atoms with Crippen LogP contribution in [0.25, 0.3) is 0 Å². The Morgan fingerprint density at radius 2 is 2.00 bits per heavy atom. The van der Waals surface area contributed by atoms with E-state index < -0.39 is 0 Å². The fourth-order valence-corrected chi connectivity index (χ4v) is 1.53. The fraction of sp³-hybridized carbons (Fsp3) is 0.900. The van der Waals surface area contributed by atoms with Crippen LogP contribution in [-0.4, -0.2) is 43.5 Å². The van der Waals surface area contributed by atoms with E-state index in [9.17, 15) is 4.79 Å². The van der Waals surface area contributed by atoms with Crippen LogP contribution in [0.3, 0.4) is 0 Å². The summed E-state index contributed by atoms with van der Waals surface area (Å²) in [6.45, 7) is 6.63. The zero-order valence-electron chi connectivity index (χ0n) is 8.42. The van der Waals surface area contributed by atoms with Crippen molar-refractivity contribution in [2.75, 3.05) is 32.8 Å². The second-order valence-corrected chi connectivity index (χ2v) is 3.61. The lowest BCUT2D eigenvalue weighted by Crippen LogP contribution is -2.36. The fourth-order valence-electron chi connectivity index (χ4n) is 1.53. The van der Waals surface area contributed by atoms with Crippen LogP contribution in [0, 0.1) is 0 Å². The van der Waals surface area contributed by atoms with Crippen LogP contribution in [0.15, 0.2) is 0 Å². The van der Waals surface area contributed by atoms with Gasteiger partial charge in [0.15, 0.2) is 0 Å². The molecule has 0 aromatic rings. The summed E-state index contributed by atoms with van der Waals surface area (Å²) in [5.74, 6) is 0.307. The number of hydrogen-bond acceptors (Lipinski definition) is 3. The van der Waals surface area contributed by atoms with Gasteiger partial charge < -0.3 is 9.53 Å². The maximum Gasteiger partial charge on any atom is 0.129 e. The highest BCUT2D eigenvalue weighted by Crippen LogP contribution is 2.02. The predicted octanol–water partition coefficient (Wildman–Crippen LogP) is 1.08. The van der Waals surface area contributed by atoms with Crippen molar-refractivity contribution in [3.05, 3.63) is 0 Å². The Morgan fingerprint density at radius 1 is 1.31 bits per heavy atom. The number of morpholine rings is 1. The number of carbonyl (C=O) groups excluding carboxylic acids is 1. The van der Waals surface area contributed by atoms with Crippen molar-refractivity contribution in [1.82, 2.24) is 4.90 Å². The van der Waals surface area contributed by atoms with Gasteiger partial charge in [0, 0.05) is 19.5 Å². The van der Waals surface area contributed by atoms with Gasteiger partial charge in [-0.2, -0.15) is 0 Å². The standard InChI is InChI=1S/C10H19NO2/c1-10(12)4-2-3-5-11-6-8-13-9-7-11/h2-9H2,1H3. The van der Waals surface area contributed by atoms with Gasteiger partial charge in [-0.1, -0.05) is 0 Å². The maximum absolute atomic E-state index is 10.7. The van der Waals surface area contributed by atoms with Gasteiger partial charge in [0.2, 0.25) is 0 Å². The SMILES string of the molecule is CC(=O)CCCCN1CCOCC1. The average Bonchev–Trinajstić information content (AvgIpc) is 2.14. The predicted molar refractivity (Wildman–Crippen MR) is 51.8 cm³/mol. The van der Waals surface area contributed by atoms with Crippen molar-refractivity contribution in [3.63, 3.8) is 0 Å². The Hall–Kier alpha value is -0.410. The summed E-state index contributed by atoms with van der Waals surface area (Å²) in [6, 6.07) is 0. The number of unbranched alkanes of at least 4 members (excludes halogenated alkanes) is 1. The lowest BCUT2D eigenvalue weighted by Gasteiger charge is -2.26. The Labute approximate surface area is 80.1 Å². The number of ether oxygens (including phenoxy) is 1. The molecular weight excluding hydrogens is 166 g/mol. The molecule has 76 valence electrons. The summed E-state index contributed by atoms with van der Waals surface area (Å²) in [6.07, 6.45) is 2.91. The van der Waals surface area contributed by atoms with Crippen LogP contribution in [0.4, 0.5) is 0 Å². The van der Waals surface area contributed by atoms with Crippen molar-refractivity contribution < 1.29 is 9.53 Å². The summed E-state index contributed by atoms with van der Waals surface area (Å²) >= 11 is 0. The summed E-state index contributed by atoms with van der Waals surface area (Å²) in [4.78, 5) is 13.1. The summed E-state index contributed by atoms with van der Waals surface area (Å²) in [5, 5.41) is 0. The Morgan fingerprint density at radius 3 is 2.62 bits per heavy atom. The van der Waals surface area contributed by atoms with E-state index >= 15 is 0 Å². The molecule has 1 aliphatic heterocycles. The van der Waals surface area contributed by atoms with Crippen LogP contribution >= 0.6 is 0 Å². The molecule has 0 unspecified atom stereocenters. The monoisotopic (exact) mass is 185 g/mol. The van der Waals surface area contributed by atoms with E-state index in [1.165, 1.54) is 0 Å². The van der Waals surface area contributed by atoms with Crippen LogP contribution in [-0.2, 0) is 9.53 Å². The molecule has 0 bridgehead atoms. The third kappa shape index (κ3) is 5.01. The van der Waals surface area contributed by atoms with Crippen molar-refractivity contribution in [2.45, 2.75) is 26.2 Å². The molecule has 0 saturated carbocycles. The van der Waals surface area contributed by atoms with E-state index in [1.807, 2.05) is 0 Å². The number of nitrogens with zero attached hydrogens (tertiary/aromatic N) is 1. The molecule has 0 amide bonds. The quantitative estimate of drug-likeness (QED) is 0.600. The van der Waals surface area contributed by atoms with Gasteiger partial charge in [-0.05, 0) is 26.3 Å². The number of rotatable bonds is 5. The van der Waals surface area contributed by atoms with Crippen LogP contribution in [0.1, 0.15) is 26.2 Å². The molecule has 3 nitrogen and oxygen atoms in total. The highest BCUT2D eigenvalue weighted by Gasteiger charge is 2.08. The molecule has 0 aromatic heterocycles. The molecular formula is C10H19NO2. The first-order valence-electron chi connectivity index (χ1n) is 5.08. The van der Waals surface area contributed by atoms with Gasteiger partial charge in [0.05, 0.1) is 13.2 Å². The number of carbonyl (C=O) groups is 1. The molecule has 0 N–H and O–H groups in total. The summed E-state index contributed by atoms with van der Waals surface area (Å²) in [7, 11) is 0. The summed E-state index contributed by atoms with van der Waals surface area (Å²) in [5.41, 5.74) is 0. The van der Waals surface area contributed by atoms with E-state index in [2.05, 4.69) is 4.90 Å². The molecule has 0 radical (unpaired) electrons. The molecule has 0 spiro atoms. The molecule has 0 aliphatic carbocycles. The lowest BCUT2D eigenvalue weighted by molar-refractivity contribution is -0.117. The van der Waals surface area contributed by atoms with Gasteiger partial charge in [0.25, 0.3) is 0 Å². The largest absolute Gasteiger partial charge is 0.379 e. The third-order valence-corrected chi connectivity index (χ3v) is 2.36. The van der Waals surface area contributed by atoms with Crippen molar-refractivity contribution in [1.29, 1.82) is 0 Å². The van der Waals surface area contributed by atoms with Gasteiger partial charge >= 0.3 is 0 Å². The Balaban J connectivity index is 1.95. The molecule has 0 aromatic carbocycles. The van der Waals surface area contributed by atoms with Gasteiger partial charge in [-0.25, -0.2) is 0 Å². The summed E-state index contributed by atoms with van der Waals surface area (Å²) < 4.78 is 5.25. The normalized spacial score (nSPS) is 18.8. The topological polar surface area (TPSA) is 29.5 Å². The molecule has 3 heteroatoms. The van der Waals surface area contributed by atoms with Crippen molar-refractivity contribution in [2.24, 2.45) is 0 Å². The first-order valence-corrected chi connectivity index (χ1v) is 5.08. The van der Waals surface area contributed by atoms with Gasteiger partial charge in [-0.15, -0.1) is 0 Å². The number of hydrogen-bond donors (Lipinski definition) is 0. The third-order valence-electron chi connectivity index (χ3n) is 2.36. The Kier molecular flexibility index (Phi) is 5.01. The molecule has 1 fully saturated rings. The highest BCUT2D eigenvalue weighted by molar-refractivity contribution is 5.75. The van der Waals surface area contributed by atoms with Crippen molar-refractivity contribution in [3.8, 4) is 0 Å². The van der Waals surface area contributed by atoms with E-state index in [-0.39, 0.29) is 0 Å². The van der Waals surface area contributed by atoms with Crippen LogP contribution in [0.2, 0.25) is 0 Å². The zero-order valence-corrected chi connectivity index (χ0v) is 8.42. The minimum absolute atomic E-state index is 0.307. The van der Waals surface area contributed by atoms with E-state index in [4.69, 9.17) is 4.74 Å². The second-order valence-electron chi connectivity index (χ2n) is 3.61. The van der Waals surface area contributed by atoms with Crippen LogP contribution < -0.4 is 0 Å². The minimum atomic E-state index is 0.307. The van der Waals surface area contributed by atoms with Crippen molar-refractivity contribution >= 4 is 5.78 Å². The first kappa shape index (κ1) is 10.7.